The summed E-state index contributed by atoms with van der Waals surface area (Å²) in [4.78, 5) is 39.7. The Balaban J connectivity index is 1.55. The van der Waals surface area contributed by atoms with Crippen molar-refractivity contribution >= 4 is 23.4 Å². The highest BCUT2D eigenvalue weighted by Gasteiger charge is 2.37. The first-order chi connectivity index (χ1) is 14.5. The maximum Gasteiger partial charge on any atom is 0.266 e. The van der Waals surface area contributed by atoms with Crippen molar-refractivity contribution in [3.63, 3.8) is 0 Å². The van der Waals surface area contributed by atoms with E-state index in [-0.39, 0.29) is 23.4 Å². The number of carbonyl (C=O) groups is 3. The normalized spacial score (nSPS) is 20.8. The second kappa shape index (κ2) is 8.30. The van der Waals surface area contributed by atoms with Gasteiger partial charge in [-0.25, -0.2) is 4.90 Å². The second-order valence-electron chi connectivity index (χ2n) is 7.97. The molecule has 1 N–H and O–H groups in total. The molecule has 0 bridgehead atoms. The lowest BCUT2D eigenvalue weighted by molar-refractivity contribution is 0.0906. The lowest BCUT2D eigenvalue weighted by Crippen LogP contribution is -2.41. The average molecular weight is 406 g/mol. The van der Waals surface area contributed by atoms with E-state index in [0.717, 1.165) is 24.2 Å². The molecule has 1 aliphatic heterocycles. The SMILES string of the molecule is CCOc1ccc(N2C(=O)c3ccc(C(=O)NC4CCCCC4C)cc3C2=O)cc1. The van der Waals surface area contributed by atoms with E-state index in [1.165, 1.54) is 12.5 Å². The van der Waals surface area contributed by atoms with Crippen molar-refractivity contribution in [2.75, 3.05) is 11.5 Å². The van der Waals surface area contributed by atoms with Gasteiger partial charge in [0.2, 0.25) is 0 Å². The van der Waals surface area contributed by atoms with Gasteiger partial charge in [-0.05, 0) is 68.1 Å². The Bertz CT molecular complexity index is 983. The van der Waals surface area contributed by atoms with E-state index in [1.54, 1.807) is 36.4 Å². The first-order valence-electron chi connectivity index (χ1n) is 10.6. The van der Waals surface area contributed by atoms with Gasteiger partial charge in [0.1, 0.15) is 5.75 Å². The van der Waals surface area contributed by atoms with E-state index >= 15 is 0 Å². The monoisotopic (exact) mass is 406 g/mol. The van der Waals surface area contributed by atoms with Crippen LogP contribution in [0.4, 0.5) is 5.69 Å². The van der Waals surface area contributed by atoms with Gasteiger partial charge in [-0.2, -0.15) is 0 Å². The van der Waals surface area contributed by atoms with Gasteiger partial charge in [0.15, 0.2) is 0 Å². The number of ether oxygens (including phenoxy) is 1. The number of hydrogen-bond donors (Lipinski definition) is 1. The van der Waals surface area contributed by atoms with Crippen molar-refractivity contribution in [1.82, 2.24) is 5.32 Å². The Morgan fingerprint density at radius 1 is 1.03 bits per heavy atom. The summed E-state index contributed by atoms with van der Waals surface area (Å²) in [6, 6.07) is 11.7. The molecule has 2 unspecified atom stereocenters. The first kappa shape index (κ1) is 20.1. The molecule has 4 rings (SSSR count). The van der Waals surface area contributed by atoms with Crippen molar-refractivity contribution in [3.05, 3.63) is 59.2 Å². The number of amides is 3. The molecular weight excluding hydrogens is 380 g/mol. The van der Waals surface area contributed by atoms with Crippen molar-refractivity contribution in [2.24, 2.45) is 5.92 Å². The standard InChI is InChI=1S/C24H26N2O4/c1-3-30-18-11-9-17(10-12-18)26-23(28)19-13-8-16(14-20(19)24(26)29)22(27)25-21-7-5-4-6-15(21)2/h8-15,21H,3-7H2,1-2H3,(H,25,27). The van der Waals surface area contributed by atoms with E-state index in [1.807, 2.05) is 6.92 Å². The van der Waals surface area contributed by atoms with Crippen molar-refractivity contribution < 1.29 is 19.1 Å². The van der Waals surface area contributed by atoms with Crippen LogP contribution in [0.5, 0.6) is 5.75 Å². The zero-order valence-electron chi connectivity index (χ0n) is 17.3. The summed E-state index contributed by atoms with van der Waals surface area (Å²) in [5, 5.41) is 3.10. The first-order valence-corrected chi connectivity index (χ1v) is 10.6. The predicted molar refractivity (Wildman–Crippen MR) is 114 cm³/mol. The van der Waals surface area contributed by atoms with E-state index in [0.29, 0.717) is 35.1 Å². The summed E-state index contributed by atoms with van der Waals surface area (Å²) in [6.07, 6.45) is 4.40. The zero-order chi connectivity index (χ0) is 21.3. The van der Waals surface area contributed by atoms with Crippen LogP contribution < -0.4 is 15.0 Å². The lowest BCUT2D eigenvalue weighted by atomic mass is 9.86. The summed E-state index contributed by atoms with van der Waals surface area (Å²) in [7, 11) is 0. The highest BCUT2D eigenvalue weighted by Crippen LogP contribution is 2.30. The number of anilines is 1. The largest absolute Gasteiger partial charge is 0.494 e. The van der Waals surface area contributed by atoms with Crippen LogP contribution in [0.2, 0.25) is 0 Å². The molecule has 6 heteroatoms. The summed E-state index contributed by atoms with van der Waals surface area (Å²) < 4.78 is 5.42. The average Bonchev–Trinajstić information content (AvgIpc) is 3.00. The Kier molecular flexibility index (Phi) is 5.57. The Hall–Kier alpha value is -3.15. The Morgan fingerprint density at radius 3 is 2.43 bits per heavy atom. The van der Waals surface area contributed by atoms with Crippen LogP contribution in [-0.4, -0.2) is 30.4 Å². The molecule has 2 atom stereocenters. The fourth-order valence-corrected chi connectivity index (χ4v) is 4.26. The van der Waals surface area contributed by atoms with Crippen LogP contribution in [0.1, 0.15) is 70.6 Å². The fraction of sp³-hybridized carbons (Fsp3) is 0.375. The lowest BCUT2D eigenvalue weighted by Gasteiger charge is -2.29. The molecule has 2 aromatic rings. The molecular formula is C24H26N2O4. The molecule has 2 aliphatic rings. The molecule has 6 nitrogen and oxygen atoms in total. The Labute approximate surface area is 176 Å². The predicted octanol–water partition coefficient (Wildman–Crippen LogP) is 4.19. The van der Waals surface area contributed by atoms with Gasteiger partial charge in [-0.3, -0.25) is 14.4 Å². The van der Waals surface area contributed by atoms with Crippen molar-refractivity contribution in [1.29, 1.82) is 0 Å². The van der Waals surface area contributed by atoms with Crippen molar-refractivity contribution in [3.8, 4) is 5.75 Å². The number of fused-ring (bicyclic) bond motifs is 1. The molecule has 1 saturated carbocycles. The Morgan fingerprint density at radius 2 is 1.73 bits per heavy atom. The molecule has 1 fully saturated rings. The maximum atomic E-state index is 13.0. The van der Waals surface area contributed by atoms with Crippen LogP contribution in [0.25, 0.3) is 0 Å². The summed E-state index contributed by atoms with van der Waals surface area (Å²) in [5.41, 5.74) is 1.46. The third kappa shape index (κ3) is 3.70. The van der Waals surface area contributed by atoms with E-state index in [4.69, 9.17) is 4.74 Å². The molecule has 0 radical (unpaired) electrons. The number of nitrogens with one attached hydrogen (secondary N) is 1. The van der Waals surface area contributed by atoms with E-state index < -0.39 is 5.91 Å². The number of nitrogens with zero attached hydrogens (tertiary/aromatic N) is 1. The second-order valence-corrected chi connectivity index (χ2v) is 7.97. The molecule has 156 valence electrons. The number of benzene rings is 2. The van der Waals surface area contributed by atoms with Gasteiger partial charge >= 0.3 is 0 Å². The quantitative estimate of drug-likeness (QED) is 0.756. The van der Waals surface area contributed by atoms with Gasteiger partial charge in [-0.15, -0.1) is 0 Å². The van der Waals surface area contributed by atoms with Crippen molar-refractivity contribution in [2.45, 2.75) is 45.6 Å². The maximum absolute atomic E-state index is 13.0. The summed E-state index contributed by atoms with van der Waals surface area (Å²) >= 11 is 0. The molecule has 0 spiro atoms. The molecule has 2 aromatic carbocycles. The smallest absolute Gasteiger partial charge is 0.266 e. The molecule has 1 aliphatic carbocycles. The molecule has 1 heterocycles. The molecule has 3 amide bonds. The minimum atomic E-state index is -0.417. The third-order valence-corrected chi connectivity index (χ3v) is 5.98. The number of hydrogen-bond acceptors (Lipinski definition) is 4. The van der Waals surface area contributed by atoms with E-state index in [9.17, 15) is 14.4 Å². The number of carbonyl (C=O) groups excluding carboxylic acids is 3. The van der Waals surface area contributed by atoms with Gasteiger partial charge in [0, 0.05) is 11.6 Å². The van der Waals surface area contributed by atoms with Gasteiger partial charge in [-0.1, -0.05) is 19.8 Å². The van der Waals surface area contributed by atoms with Crippen LogP contribution in [-0.2, 0) is 0 Å². The highest BCUT2D eigenvalue weighted by atomic mass is 16.5. The minimum Gasteiger partial charge on any atom is -0.494 e. The van der Waals surface area contributed by atoms with Crippen LogP contribution in [0.3, 0.4) is 0 Å². The topological polar surface area (TPSA) is 75.7 Å². The van der Waals surface area contributed by atoms with Gasteiger partial charge < -0.3 is 10.1 Å². The van der Waals surface area contributed by atoms with Gasteiger partial charge in [0.25, 0.3) is 17.7 Å². The van der Waals surface area contributed by atoms with Gasteiger partial charge in [0.05, 0.1) is 23.4 Å². The fourth-order valence-electron chi connectivity index (χ4n) is 4.26. The molecule has 0 aromatic heterocycles. The summed E-state index contributed by atoms with van der Waals surface area (Å²) in [5.74, 6) is 0.118. The van der Waals surface area contributed by atoms with E-state index in [2.05, 4.69) is 12.2 Å². The van der Waals surface area contributed by atoms with Crippen LogP contribution in [0.15, 0.2) is 42.5 Å². The number of imide groups is 1. The van der Waals surface area contributed by atoms with Crippen LogP contribution in [0, 0.1) is 5.92 Å². The highest BCUT2D eigenvalue weighted by molar-refractivity contribution is 6.34. The molecule has 0 saturated heterocycles. The third-order valence-electron chi connectivity index (χ3n) is 5.98. The minimum absolute atomic E-state index is 0.150. The zero-order valence-corrected chi connectivity index (χ0v) is 17.3. The number of rotatable bonds is 5. The van der Waals surface area contributed by atoms with Crippen LogP contribution >= 0.6 is 0 Å². The molecule has 30 heavy (non-hydrogen) atoms. The summed E-state index contributed by atoms with van der Waals surface area (Å²) in [6.45, 7) is 4.58.